The molecule has 5 heteroatoms. The quantitative estimate of drug-likeness (QED) is 0.796. The minimum atomic E-state index is -3.11. The van der Waals surface area contributed by atoms with E-state index in [0.29, 0.717) is 6.54 Å². The second-order valence-corrected chi connectivity index (χ2v) is 6.61. The van der Waals surface area contributed by atoms with Gasteiger partial charge in [-0.05, 0) is 19.1 Å². The summed E-state index contributed by atoms with van der Waals surface area (Å²) in [5.41, 5.74) is 0.829. The topological polar surface area (TPSA) is 37.4 Å². The molecule has 1 aliphatic rings. The zero-order valence-electron chi connectivity index (χ0n) is 8.51. The van der Waals surface area contributed by atoms with E-state index in [1.807, 2.05) is 24.3 Å². The van der Waals surface area contributed by atoms with Gasteiger partial charge in [-0.25, -0.2) is 8.42 Å². The third kappa shape index (κ3) is 1.99. The molecule has 0 aliphatic carbocycles. The molecular formula is C10H13NO2S2. The first kappa shape index (κ1) is 10.8. The van der Waals surface area contributed by atoms with Gasteiger partial charge in [0.1, 0.15) is 0 Å². The number of hydrogen-bond donors (Lipinski definition) is 0. The molecule has 0 bridgehead atoms. The normalized spacial score (nSPS) is 16.2. The average molecular weight is 243 g/mol. The van der Waals surface area contributed by atoms with E-state index < -0.39 is 10.0 Å². The van der Waals surface area contributed by atoms with Gasteiger partial charge in [-0.1, -0.05) is 12.1 Å². The van der Waals surface area contributed by atoms with E-state index in [1.165, 1.54) is 4.31 Å². The molecule has 0 atom stereocenters. The molecule has 0 amide bonds. The second kappa shape index (κ2) is 4.06. The van der Waals surface area contributed by atoms with Crippen molar-refractivity contribution in [1.29, 1.82) is 0 Å². The molecule has 3 nitrogen and oxygen atoms in total. The Morgan fingerprint density at radius 2 is 2.13 bits per heavy atom. The van der Waals surface area contributed by atoms with E-state index in [1.54, 1.807) is 18.7 Å². The maximum atomic E-state index is 11.8. The summed E-state index contributed by atoms with van der Waals surface area (Å²) < 4.78 is 25.2. The first-order chi connectivity index (χ1) is 7.15. The van der Waals surface area contributed by atoms with Crippen LogP contribution >= 0.6 is 11.8 Å². The van der Waals surface area contributed by atoms with Gasteiger partial charge in [-0.3, -0.25) is 4.31 Å². The van der Waals surface area contributed by atoms with Gasteiger partial charge in [0.15, 0.2) is 0 Å². The minimum absolute atomic E-state index is 0.159. The number of thioether (sulfide) groups is 1. The number of sulfonamides is 1. The highest BCUT2D eigenvalue weighted by molar-refractivity contribution is 8.00. The molecule has 0 spiro atoms. The van der Waals surface area contributed by atoms with Crippen molar-refractivity contribution in [2.45, 2.75) is 11.8 Å². The highest BCUT2D eigenvalue weighted by Crippen LogP contribution is 2.35. The van der Waals surface area contributed by atoms with E-state index >= 15 is 0 Å². The van der Waals surface area contributed by atoms with Crippen molar-refractivity contribution in [2.75, 3.05) is 22.4 Å². The van der Waals surface area contributed by atoms with Crippen LogP contribution in [0.25, 0.3) is 0 Å². The lowest BCUT2D eigenvalue weighted by Crippen LogP contribution is -2.36. The lowest BCUT2D eigenvalue weighted by atomic mass is 10.3. The van der Waals surface area contributed by atoms with Crippen LogP contribution in [0.15, 0.2) is 29.2 Å². The molecule has 0 aromatic heterocycles. The number of anilines is 1. The molecular weight excluding hydrogens is 230 g/mol. The third-order valence-corrected chi connectivity index (χ3v) is 5.21. The Kier molecular flexibility index (Phi) is 2.93. The summed E-state index contributed by atoms with van der Waals surface area (Å²) in [6.45, 7) is 2.26. The van der Waals surface area contributed by atoms with Gasteiger partial charge in [-0.2, -0.15) is 0 Å². The lowest BCUT2D eigenvalue weighted by Gasteiger charge is -2.29. The number of nitrogens with zero attached hydrogens (tertiary/aromatic N) is 1. The van der Waals surface area contributed by atoms with Crippen molar-refractivity contribution in [3.05, 3.63) is 24.3 Å². The molecule has 1 aromatic carbocycles. The number of para-hydroxylation sites is 1. The fraction of sp³-hybridized carbons (Fsp3) is 0.400. The Bertz CT molecular complexity index is 456. The zero-order valence-corrected chi connectivity index (χ0v) is 10.1. The minimum Gasteiger partial charge on any atom is -0.268 e. The van der Waals surface area contributed by atoms with Crippen LogP contribution in [0, 0.1) is 0 Å². The summed E-state index contributed by atoms with van der Waals surface area (Å²) in [7, 11) is -3.11. The summed E-state index contributed by atoms with van der Waals surface area (Å²) in [5.74, 6) is 0.988. The van der Waals surface area contributed by atoms with Crippen molar-refractivity contribution >= 4 is 27.5 Å². The predicted octanol–water partition coefficient (Wildman–Crippen LogP) is 1.95. The van der Waals surface area contributed by atoms with Crippen LogP contribution in [0.5, 0.6) is 0 Å². The van der Waals surface area contributed by atoms with Crippen LogP contribution in [0.2, 0.25) is 0 Å². The maximum absolute atomic E-state index is 11.8. The molecule has 82 valence electrons. The standard InChI is InChI=1S/C10H13NO2S2/c1-2-15(12,13)11-7-8-14-10-6-4-3-5-9(10)11/h3-6H,2,7-8H2,1H3. The van der Waals surface area contributed by atoms with Crippen LogP contribution in [0.1, 0.15) is 6.92 Å². The molecule has 1 heterocycles. The van der Waals surface area contributed by atoms with E-state index in [9.17, 15) is 8.42 Å². The molecule has 0 fully saturated rings. The summed E-state index contributed by atoms with van der Waals surface area (Å²) in [6, 6.07) is 7.66. The molecule has 2 rings (SSSR count). The number of rotatable bonds is 2. The van der Waals surface area contributed by atoms with Crippen molar-refractivity contribution in [3.8, 4) is 0 Å². The maximum Gasteiger partial charge on any atom is 0.234 e. The highest BCUT2D eigenvalue weighted by Gasteiger charge is 2.25. The summed E-state index contributed by atoms with van der Waals surface area (Å²) in [4.78, 5) is 1.06. The first-order valence-corrected chi connectivity index (χ1v) is 7.47. The summed E-state index contributed by atoms with van der Waals surface area (Å²) in [6.07, 6.45) is 0. The third-order valence-electron chi connectivity index (χ3n) is 2.39. The molecule has 0 N–H and O–H groups in total. The van der Waals surface area contributed by atoms with Crippen LogP contribution in [0.4, 0.5) is 5.69 Å². The number of hydrogen-bond acceptors (Lipinski definition) is 3. The van der Waals surface area contributed by atoms with Crippen molar-refractivity contribution < 1.29 is 8.42 Å². The van der Waals surface area contributed by atoms with E-state index in [4.69, 9.17) is 0 Å². The van der Waals surface area contributed by atoms with E-state index in [-0.39, 0.29) is 5.75 Å². The lowest BCUT2D eigenvalue weighted by molar-refractivity contribution is 0.592. The molecule has 0 saturated heterocycles. The first-order valence-electron chi connectivity index (χ1n) is 4.87. The Labute approximate surface area is 94.5 Å². The second-order valence-electron chi connectivity index (χ2n) is 3.29. The van der Waals surface area contributed by atoms with Crippen molar-refractivity contribution in [1.82, 2.24) is 0 Å². The Hall–Kier alpha value is -0.680. The van der Waals surface area contributed by atoms with Crippen LogP contribution in [-0.4, -0.2) is 26.5 Å². The molecule has 1 aromatic rings. The van der Waals surface area contributed by atoms with Gasteiger partial charge >= 0.3 is 0 Å². The van der Waals surface area contributed by atoms with Gasteiger partial charge in [0.25, 0.3) is 0 Å². The predicted molar refractivity (Wildman–Crippen MR) is 64.0 cm³/mol. The van der Waals surface area contributed by atoms with E-state index in [2.05, 4.69) is 0 Å². The molecule has 0 saturated carbocycles. The molecule has 0 radical (unpaired) electrons. The SMILES string of the molecule is CCS(=O)(=O)N1CCSc2ccccc21. The smallest absolute Gasteiger partial charge is 0.234 e. The zero-order chi connectivity index (χ0) is 10.9. The number of benzene rings is 1. The Balaban J connectivity index is 2.47. The van der Waals surface area contributed by atoms with Crippen molar-refractivity contribution in [2.24, 2.45) is 0 Å². The fourth-order valence-corrected chi connectivity index (χ4v) is 3.90. The van der Waals surface area contributed by atoms with Crippen LogP contribution < -0.4 is 4.31 Å². The van der Waals surface area contributed by atoms with Gasteiger partial charge in [0, 0.05) is 17.2 Å². The average Bonchev–Trinajstić information content (AvgIpc) is 2.28. The van der Waals surface area contributed by atoms with Gasteiger partial charge in [-0.15, -0.1) is 11.8 Å². The summed E-state index contributed by atoms with van der Waals surface area (Å²) >= 11 is 1.71. The molecule has 1 aliphatic heterocycles. The van der Waals surface area contributed by atoms with Gasteiger partial charge in [0.2, 0.25) is 10.0 Å². The highest BCUT2D eigenvalue weighted by atomic mass is 32.2. The largest absolute Gasteiger partial charge is 0.268 e. The Morgan fingerprint density at radius 1 is 1.40 bits per heavy atom. The molecule has 0 unspecified atom stereocenters. The Morgan fingerprint density at radius 3 is 2.87 bits per heavy atom. The van der Waals surface area contributed by atoms with Gasteiger partial charge < -0.3 is 0 Å². The monoisotopic (exact) mass is 243 g/mol. The summed E-state index contributed by atoms with van der Waals surface area (Å²) in [5, 5.41) is 0. The molecule has 15 heavy (non-hydrogen) atoms. The number of fused-ring (bicyclic) bond motifs is 1. The van der Waals surface area contributed by atoms with Gasteiger partial charge in [0.05, 0.1) is 11.4 Å². The van der Waals surface area contributed by atoms with E-state index in [0.717, 1.165) is 16.3 Å². The fourth-order valence-electron chi connectivity index (χ4n) is 1.59. The van der Waals surface area contributed by atoms with Crippen LogP contribution in [0.3, 0.4) is 0 Å². The van der Waals surface area contributed by atoms with Crippen molar-refractivity contribution in [3.63, 3.8) is 0 Å². The van der Waals surface area contributed by atoms with Crippen LogP contribution in [-0.2, 0) is 10.0 Å².